The van der Waals surface area contributed by atoms with Gasteiger partial charge in [-0.2, -0.15) is 0 Å². The standard InChI is InChI=1S/C10H16N4/c11-8-4-1-2-5-9(8)14-10-12-6-3-7-13-10/h3,6-9H,1-2,4-5,11H2,(H,12,13,14). The zero-order chi connectivity index (χ0) is 9.80. The van der Waals surface area contributed by atoms with E-state index in [9.17, 15) is 0 Å². The minimum Gasteiger partial charge on any atom is -0.350 e. The molecule has 1 saturated carbocycles. The maximum atomic E-state index is 6.01. The van der Waals surface area contributed by atoms with E-state index < -0.39 is 0 Å². The number of aromatic nitrogens is 2. The molecule has 0 spiro atoms. The summed E-state index contributed by atoms with van der Waals surface area (Å²) in [5.74, 6) is 0.690. The van der Waals surface area contributed by atoms with Crippen LogP contribution in [-0.2, 0) is 0 Å². The zero-order valence-electron chi connectivity index (χ0n) is 8.19. The lowest BCUT2D eigenvalue weighted by molar-refractivity contribution is 0.402. The lowest BCUT2D eigenvalue weighted by Gasteiger charge is -2.29. The number of rotatable bonds is 2. The van der Waals surface area contributed by atoms with Crippen molar-refractivity contribution in [2.75, 3.05) is 5.32 Å². The first-order valence-corrected chi connectivity index (χ1v) is 5.15. The molecule has 1 fully saturated rings. The highest BCUT2D eigenvalue weighted by Gasteiger charge is 2.21. The molecule has 14 heavy (non-hydrogen) atoms. The van der Waals surface area contributed by atoms with Crippen LogP contribution in [0.5, 0.6) is 0 Å². The molecule has 0 aromatic carbocycles. The summed E-state index contributed by atoms with van der Waals surface area (Å²) in [5.41, 5.74) is 6.01. The SMILES string of the molecule is NC1CCCCC1Nc1ncccn1. The van der Waals surface area contributed by atoms with Gasteiger partial charge in [0.15, 0.2) is 0 Å². The normalized spacial score (nSPS) is 27.2. The van der Waals surface area contributed by atoms with Gasteiger partial charge in [0.25, 0.3) is 0 Å². The van der Waals surface area contributed by atoms with E-state index in [2.05, 4.69) is 15.3 Å². The number of anilines is 1. The van der Waals surface area contributed by atoms with Gasteiger partial charge in [0.05, 0.1) is 0 Å². The van der Waals surface area contributed by atoms with Crippen molar-refractivity contribution in [2.24, 2.45) is 5.73 Å². The molecule has 0 radical (unpaired) electrons. The second-order valence-electron chi connectivity index (χ2n) is 3.77. The van der Waals surface area contributed by atoms with Crippen LogP contribution in [0, 0.1) is 0 Å². The summed E-state index contributed by atoms with van der Waals surface area (Å²) in [6.07, 6.45) is 8.20. The van der Waals surface area contributed by atoms with Gasteiger partial charge in [-0.15, -0.1) is 0 Å². The minimum atomic E-state index is 0.243. The fraction of sp³-hybridized carbons (Fsp3) is 0.600. The van der Waals surface area contributed by atoms with Crippen LogP contribution in [0.4, 0.5) is 5.95 Å². The quantitative estimate of drug-likeness (QED) is 0.738. The Morgan fingerprint density at radius 2 is 1.93 bits per heavy atom. The van der Waals surface area contributed by atoms with E-state index in [4.69, 9.17) is 5.73 Å². The minimum absolute atomic E-state index is 0.243. The predicted molar refractivity (Wildman–Crippen MR) is 55.9 cm³/mol. The van der Waals surface area contributed by atoms with Crippen molar-refractivity contribution in [3.8, 4) is 0 Å². The van der Waals surface area contributed by atoms with Gasteiger partial charge in [-0.05, 0) is 18.9 Å². The van der Waals surface area contributed by atoms with Crippen molar-refractivity contribution in [1.29, 1.82) is 0 Å². The van der Waals surface area contributed by atoms with Crippen LogP contribution >= 0.6 is 0 Å². The van der Waals surface area contributed by atoms with Crippen molar-refractivity contribution < 1.29 is 0 Å². The average Bonchev–Trinajstić information content (AvgIpc) is 2.23. The van der Waals surface area contributed by atoms with Gasteiger partial charge in [0, 0.05) is 24.5 Å². The highest BCUT2D eigenvalue weighted by molar-refractivity contribution is 5.25. The number of hydrogen-bond donors (Lipinski definition) is 2. The molecule has 0 aliphatic heterocycles. The van der Waals surface area contributed by atoms with E-state index in [1.54, 1.807) is 12.4 Å². The molecule has 1 heterocycles. The van der Waals surface area contributed by atoms with E-state index in [1.165, 1.54) is 12.8 Å². The Morgan fingerprint density at radius 1 is 1.21 bits per heavy atom. The number of nitrogens with zero attached hydrogens (tertiary/aromatic N) is 2. The average molecular weight is 192 g/mol. The summed E-state index contributed by atoms with van der Waals surface area (Å²) in [5, 5.41) is 3.28. The Morgan fingerprint density at radius 3 is 2.64 bits per heavy atom. The van der Waals surface area contributed by atoms with Crippen LogP contribution < -0.4 is 11.1 Å². The third-order valence-corrected chi connectivity index (χ3v) is 2.70. The van der Waals surface area contributed by atoms with Crippen LogP contribution in [0.2, 0.25) is 0 Å². The smallest absolute Gasteiger partial charge is 0.222 e. The van der Waals surface area contributed by atoms with Crippen molar-refractivity contribution in [1.82, 2.24) is 9.97 Å². The first-order valence-electron chi connectivity index (χ1n) is 5.15. The molecule has 0 bridgehead atoms. The lowest BCUT2D eigenvalue weighted by Crippen LogP contribution is -2.42. The van der Waals surface area contributed by atoms with Crippen LogP contribution in [0.1, 0.15) is 25.7 Å². The topological polar surface area (TPSA) is 63.8 Å². The number of nitrogens with one attached hydrogen (secondary N) is 1. The molecule has 2 rings (SSSR count). The highest BCUT2D eigenvalue weighted by atomic mass is 15.1. The molecule has 1 aromatic rings. The Kier molecular flexibility index (Phi) is 2.93. The maximum Gasteiger partial charge on any atom is 0.222 e. The molecule has 1 aliphatic rings. The molecule has 2 unspecified atom stereocenters. The number of hydrogen-bond acceptors (Lipinski definition) is 4. The van der Waals surface area contributed by atoms with Crippen molar-refractivity contribution >= 4 is 5.95 Å². The van der Waals surface area contributed by atoms with Crippen LogP contribution in [0.25, 0.3) is 0 Å². The van der Waals surface area contributed by atoms with E-state index in [1.807, 2.05) is 6.07 Å². The summed E-state index contributed by atoms with van der Waals surface area (Å²) in [6, 6.07) is 2.39. The Hall–Kier alpha value is -1.16. The maximum absolute atomic E-state index is 6.01. The molecular weight excluding hydrogens is 176 g/mol. The molecule has 1 aliphatic carbocycles. The van der Waals surface area contributed by atoms with Gasteiger partial charge in [0.1, 0.15) is 0 Å². The van der Waals surface area contributed by atoms with Crippen LogP contribution in [0.3, 0.4) is 0 Å². The van der Waals surface area contributed by atoms with E-state index in [0.29, 0.717) is 12.0 Å². The third kappa shape index (κ3) is 2.20. The van der Waals surface area contributed by atoms with E-state index in [0.717, 1.165) is 12.8 Å². The molecule has 0 saturated heterocycles. The van der Waals surface area contributed by atoms with E-state index >= 15 is 0 Å². The summed E-state index contributed by atoms with van der Waals surface area (Å²) in [7, 11) is 0. The molecule has 76 valence electrons. The first-order chi connectivity index (χ1) is 6.86. The second kappa shape index (κ2) is 4.37. The van der Waals surface area contributed by atoms with Gasteiger partial charge in [0.2, 0.25) is 5.95 Å². The first kappa shape index (κ1) is 9.40. The largest absolute Gasteiger partial charge is 0.350 e. The fourth-order valence-corrected chi connectivity index (χ4v) is 1.88. The van der Waals surface area contributed by atoms with Gasteiger partial charge in [-0.1, -0.05) is 12.8 Å². The monoisotopic (exact) mass is 192 g/mol. The summed E-state index contributed by atoms with van der Waals surface area (Å²) < 4.78 is 0. The molecule has 3 N–H and O–H groups in total. The van der Waals surface area contributed by atoms with Crippen molar-refractivity contribution in [2.45, 2.75) is 37.8 Å². The fourth-order valence-electron chi connectivity index (χ4n) is 1.88. The number of nitrogens with two attached hydrogens (primary N) is 1. The molecule has 4 heteroatoms. The highest BCUT2D eigenvalue weighted by Crippen LogP contribution is 2.19. The summed E-state index contributed by atoms with van der Waals surface area (Å²) in [4.78, 5) is 8.26. The zero-order valence-corrected chi connectivity index (χ0v) is 8.19. The lowest BCUT2D eigenvalue weighted by atomic mass is 9.91. The Bertz CT molecular complexity index is 275. The summed E-state index contributed by atoms with van der Waals surface area (Å²) in [6.45, 7) is 0. The summed E-state index contributed by atoms with van der Waals surface area (Å²) >= 11 is 0. The molecule has 2 atom stereocenters. The Balaban J connectivity index is 1.96. The van der Waals surface area contributed by atoms with Crippen LogP contribution in [0.15, 0.2) is 18.5 Å². The van der Waals surface area contributed by atoms with Crippen molar-refractivity contribution in [3.63, 3.8) is 0 Å². The van der Waals surface area contributed by atoms with Gasteiger partial charge in [-0.3, -0.25) is 0 Å². The molecule has 0 amide bonds. The van der Waals surface area contributed by atoms with Gasteiger partial charge >= 0.3 is 0 Å². The Labute approximate surface area is 83.9 Å². The van der Waals surface area contributed by atoms with E-state index in [-0.39, 0.29) is 6.04 Å². The van der Waals surface area contributed by atoms with Gasteiger partial charge < -0.3 is 11.1 Å². The predicted octanol–water partition coefficient (Wildman–Crippen LogP) is 1.16. The van der Waals surface area contributed by atoms with Crippen molar-refractivity contribution in [3.05, 3.63) is 18.5 Å². The third-order valence-electron chi connectivity index (χ3n) is 2.70. The molecule has 4 nitrogen and oxygen atoms in total. The molecular formula is C10H16N4. The molecule has 1 aromatic heterocycles. The van der Waals surface area contributed by atoms with Gasteiger partial charge in [-0.25, -0.2) is 9.97 Å². The van der Waals surface area contributed by atoms with Crippen LogP contribution in [-0.4, -0.2) is 22.1 Å². The second-order valence-corrected chi connectivity index (χ2v) is 3.77.